The minimum Gasteiger partial charge on any atom is -0.493 e. The van der Waals surface area contributed by atoms with E-state index in [1.165, 1.54) is 17.3 Å². The predicted octanol–water partition coefficient (Wildman–Crippen LogP) is 4.86. The number of amides is 1. The lowest BCUT2D eigenvalue weighted by molar-refractivity contribution is -0.113. The van der Waals surface area contributed by atoms with Crippen LogP contribution in [0.2, 0.25) is 0 Å². The monoisotopic (exact) mass is 424 g/mol. The lowest BCUT2D eigenvalue weighted by Gasteiger charge is -2.10. The first-order valence-electron chi connectivity index (χ1n) is 9.96. The van der Waals surface area contributed by atoms with Gasteiger partial charge in [-0.2, -0.15) is 0 Å². The number of benzene rings is 2. The molecule has 0 spiro atoms. The molecular weight excluding hydrogens is 396 g/mol. The quantitative estimate of drug-likeness (QED) is 0.523. The second kappa shape index (κ2) is 9.80. The van der Waals surface area contributed by atoms with Crippen LogP contribution in [0.5, 0.6) is 5.75 Å². The number of aryl methyl sites for hydroxylation is 2. The van der Waals surface area contributed by atoms with Crippen LogP contribution < -0.4 is 10.1 Å². The van der Waals surface area contributed by atoms with E-state index in [2.05, 4.69) is 35.4 Å². The van der Waals surface area contributed by atoms with Crippen LogP contribution >= 0.6 is 11.8 Å². The standard InChI is InChI=1S/C23H28N4O2S/c1-15(2)13-29-19-9-7-18(8-10-19)22-25-26-23(27(22)5)30-14-21(28)24-20-11-6-16(3)12-17(20)4/h6-12,15H,13-14H2,1-5H3,(H,24,28). The van der Waals surface area contributed by atoms with Crippen LogP contribution in [0.3, 0.4) is 0 Å². The van der Waals surface area contributed by atoms with E-state index in [-0.39, 0.29) is 11.7 Å². The third kappa shape index (κ3) is 5.63. The number of carbonyl (C=O) groups is 1. The molecule has 1 aromatic heterocycles. The van der Waals surface area contributed by atoms with Crippen molar-refractivity contribution in [3.8, 4) is 17.1 Å². The first kappa shape index (κ1) is 21.9. The van der Waals surface area contributed by atoms with Crippen LogP contribution in [0, 0.1) is 19.8 Å². The van der Waals surface area contributed by atoms with E-state index in [4.69, 9.17) is 4.74 Å². The topological polar surface area (TPSA) is 69.0 Å². The maximum Gasteiger partial charge on any atom is 0.234 e. The summed E-state index contributed by atoms with van der Waals surface area (Å²) in [6.07, 6.45) is 0. The molecule has 3 aromatic rings. The zero-order chi connectivity index (χ0) is 21.7. The number of nitrogens with one attached hydrogen (secondary N) is 1. The van der Waals surface area contributed by atoms with Crippen LogP contribution in [0.25, 0.3) is 11.4 Å². The van der Waals surface area contributed by atoms with E-state index in [0.29, 0.717) is 17.7 Å². The molecule has 1 amide bonds. The fraction of sp³-hybridized carbons (Fsp3) is 0.348. The Kier molecular flexibility index (Phi) is 7.15. The van der Waals surface area contributed by atoms with Crippen LogP contribution in [-0.2, 0) is 11.8 Å². The molecule has 6 nitrogen and oxygen atoms in total. The van der Waals surface area contributed by atoms with Crippen LogP contribution in [0.15, 0.2) is 47.6 Å². The van der Waals surface area contributed by atoms with Gasteiger partial charge in [0.1, 0.15) is 5.75 Å². The van der Waals surface area contributed by atoms with Gasteiger partial charge in [0, 0.05) is 18.3 Å². The molecule has 0 saturated carbocycles. The smallest absolute Gasteiger partial charge is 0.234 e. The molecule has 0 aliphatic rings. The van der Waals surface area contributed by atoms with Gasteiger partial charge in [-0.05, 0) is 55.7 Å². The largest absolute Gasteiger partial charge is 0.493 e. The van der Waals surface area contributed by atoms with Crippen LogP contribution in [0.4, 0.5) is 5.69 Å². The highest BCUT2D eigenvalue weighted by molar-refractivity contribution is 7.99. The maximum absolute atomic E-state index is 12.4. The van der Waals surface area contributed by atoms with Crippen molar-refractivity contribution in [3.63, 3.8) is 0 Å². The molecule has 3 rings (SSSR count). The molecule has 30 heavy (non-hydrogen) atoms. The summed E-state index contributed by atoms with van der Waals surface area (Å²) in [6.45, 7) is 8.95. The van der Waals surface area contributed by atoms with Gasteiger partial charge in [-0.25, -0.2) is 0 Å². The van der Waals surface area contributed by atoms with Gasteiger partial charge in [0.2, 0.25) is 5.91 Å². The van der Waals surface area contributed by atoms with Crippen molar-refractivity contribution in [3.05, 3.63) is 53.6 Å². The number of carbonyl (C=O) groups excluding carboxylic acids is 1. The molecule has 0 unspecified atom stereocenters. The highest BCUT2D eigenvalue weighted by atomic mass is 32.2. The number of aromatic nitrogens is 3. The number of nitrogens with zero attached hydrogens (tertiary/aromatic N) is 3. The summed E-state index contributed by atoms with van der Waals surface area (Å²) in [5, 5.41) is 12.2. The Balaban J connectivity index is 1.60. The molecule has 0 aliphatic heterocycles. The lowest BCUT2D eigenvalue weighted by atomic mass is 10.1. The van der Waals surface area contributed by atoms with Crippen molar-refractivity contribution in [1.82, 2.24) is 14.8 Å². The lowest BCUT2D eigenvalue weighted by Crippen LogP contribution is -2.15. The third-order valence-corrected chi connectivity index (χ3v) is 5.54. The van der Waals surface area contributed by atoms with E-state index < -0.39 is 0 Å². The zero-order valence-corrected chi connectivity index (χ0v) is 18.9. The van der Waals surface area contributed by atoms with Gasteiger partial charge in [0.25, 0.3) is 0 Å². The van der Waals surface area contributed by atoms with Crippen molar-refractivity contribution in [2.75, 3.05) is 17.7 Å². The first-order chi connectivity index (χ1) is 14.3. The van der Waals surface area contributed by atoms with Gasteiger partial charge < -0.3 is 14.6 Å². The normalized spacial score (nSPS) is 11.0. The summed E-state index contributed by atoms with van der Waals surface area (Å²) in [5.41, 5.74) is 4.01. The SMILES string of the molecule is Cc1ccc(NC(=O)CSc2nnc(-c3ccc(OCC(C)C)cc3)n2C)c(C)c1. The molecule has 158 valence electrons. The Morgan fingerprint density at radius 1 is 1.13 bits per heavy atom. The Hall–Kier alpha value is -2.80. The van der Waals surface area contributed by atoms with E-state index in [0.717, 1.165) is 28.4 Å². The number of thioether (sulfide) groups is 1. The molecule has 0 fully saturated rings. The minimum atomic E-state index is -0.0665. The van der Waals surface area contributed by atoms with E-state index in [9.17, 15) is 4.79 Å². The summed E-state index contributed by atoms with van der Waals surface area (Å²) in [7, 11) is 1.91. The second-order valence-electron chi connectivity index (χ2n) is 7.75. The fourth-order valence-corrected chi connectivity index (χ4v) is 3.64. The maximum atomic E-state index is 12.4. The van der Waals surface area contributed by atoms with E-state index in [1.807, 2.05) is 61.9 Å². The molecule has 2 aromatic carbocycles. The number of hydrogen-bond donors (Lipinski definition) is 1. The molecule has 7 heteroatoms. The Morgan fingerprint density at radius 3 is 2.53 bits per heavy atom. The van der Waals surface area contributed by atoms with E-state index in [1.54, 1.807) is 0 Å². The molecule has 0 bridgehead atoms. The van der Waals surface area contributed by atoms with Crippen molar-refractivity contribution in [2.45, 2.75) is 32.9 Å². The number of anilines is 1. The van der Waals surface area contributed by atoms with Crippen molar-refractivity contribution < 1.29 is 9.53 Å². The fourth-order valence-electron chi connectivity index (χ4n) is 2.93. The van der Waals surface area contributed by atoms with Crippen LogP contribution in [-0.4, -0.2) is 33.0 Å². The molecule has 0 atom stereocenters. The number of rotatable bonds is 8. The molecular formula is C23H28N4O2S. The van der Waals surface area contributed by atoms with Gasteiger partial charge in [-0.1, -0.05) is 43.3 Å². The summed E-state index contributed by atoms with van der Waals surface area (Å²) in [6, 6.07) is 13.8. The second-order valence-corrected chi connectivity index (χ2v) is 8.69. The minimum absolute atomic E-state index is 0.0665. The predicted molar refractivity (Wildman–Crippen MR) is 122 cm³/mol. The van der Waals surface area contributed by atoms with Gasteiger partial charge in [0.05, 0.1) is 12.4 Å². The molecule has 0 radical (unpaired) electrons. The van der Waals surface area contributed by atoms with Crippen molar-refractivity contribution >= 4 is 23.4 Å². The molecule has 0 aliphatic carbocycles. The van der Waals surface area contributed by atoms with Gasteiger partial charge in [0.15, 0.2) is 11.0 Å². The van der Waals surface area contributed by atoms with Crippen molar-refractivity contribution in [2.24, 2.45) is 13.0 Å². The molecule has 0 saturated heterocycles. The summed E-state index contributed by atoms with van der Waals surface area (Å²) < 4.78 is 7.63. The molecule has 1 heterocycles. The average molecular weight is 425 g/mol. The number of ether oxygens (including phenoxy) is 1. The third-order valence-electron chi connectivity index (χ3n) is 4.52. The molecule has 1 N–H and O–H groups in total. The van der Waals surface area contributed by atoms with Gasteiger partial charge in [-0.15, -0.1) is 10.2 Å². The summed E-state index contributed by atoms with van der Waals surface area (Å²) >= 11 is 1.37. The van der Waals surface area contributed by atoms with Gasteiger partial charge >= 0.3 is 0 Å². The highest BCUT2D eigenvalue weighted by Crippen LogP contribution is 2.25. The van der Waals surface area contributed by atoms with Crippen molar-refractivity contribution in [1.29, 1.82) is 0 Å². The average Bonchev–Trinajstić information content (AvgIpc) is 3.08. The Bertz CT molecular complexity index is 1010. The Morgan fingerprint density at radius 2 is 1.87 bits per heavy atom. The van der Waals surface area contributed by atoms with Gasteiger partial charge in [-0.3, -0.25) is 4.79 Å². The van der Waals surface area contributed by atoms with Crippen LogP contribution in [0.1, 0.15) is 25.0 Å². The Labute approximate surface area is 182 Å². The zero-order valence-electron chi connectivity index (χ0n) is 18.1. The summed E-state index contributed by atoms with van der Waals surface area (Å²) in [5.74, 6) is 2.27. The number of hydrogen-bond acceptors (Lipinski definition) is 5. The highest BCUT2D eigenvalue weighted by Gasteiger charge is 2.14. The first-order valence-corrected chi connectivity index (χ1v) is 10.9. The van der Waals surface area contributed by atoms with E-state index >= 15 is 0 Å². The summed E-state index contributed by atoms with van der Waals surface area (Å²) in [4.78, 5) is 12.4.